The minimum Gasteiger partial charge on any atom is -0.338 e. The van der Waals surface area contributed by atoms with E-state index in [4.69, 9.17) is 23.2 Å². The van der Waals surface area contributed by atoms with Crippen LogP contribution in [-0.4, -0.2) is 16.8 Å². The van der Waals surface area contributed by atoms with Crippen LogP contribution in [0.1, 0.15) is 32.1 Å². The first-order valence-electron chi connectivity index (χ1n) is 8.74. The Labute approximate surface area is 151 Å². The largest absolute Gasteiger partial charge is 0.338 e. The number of amidine groups is 2. The van der Waals surface area contributed by atoms with E-state index < -0.39 is 0 Å². The second kappa shape index (κ2) is 5.60. The van der Waals surface area contributed by atoms with Crippen molar-refractivity contribution in [3.63, 3.8) is 0 Å². The lowest BCUT2D eigenvalue weighted by Gasteiger charge is -2.47. The molecule has 0 aromatic carbocycles. The lowest BCUT2D eigenvalue weighted by Crippen LogP contribution is -2.46. The number of aliphatic imine (C=N–C) groups is 2. The van der Waals surface area contributed by atoms with Crippen molar-refractivity contribution in [2.45, 2.75) is 38.3 Å². The second-order valence-corrected chi connectivity index (χ2v) is 7.89. The van der Waals surface area contributed by atoms with Crippen molar-refractivity contribution in [3.05, 3.63) is 46.6 Å². The molecule has 0 aromatic heterocycles. The molecule has 5 rings (SSSR count). The molecule has 0 saturated heterocycles. The molecule has 4 atom stereocenters. The minimum absolute atomic E-state index is 0.102. The number of rotatable bonds is 1. The maximum atomic E-state index is 6.10. The molecule has 1 N–H and O–H groups in total. The van der Waals surface area contributed by atoms with Gasteiger partial charge in [0, 0.05) is 11.8 Å². The van der Waals surface area contributed by atoms with Crippen LogP contribution in [0.4, 0.5) is 0 Å². The molecule has 3 nitrogen and oxygen atoms in total. The Bertz CT molecular complexity index is 784. The van der Waals surface area contributed by atoms with Crippen LogP contribution in [0.3, 0.4) is 0 Å². The maximum Gasteiger partial charge on any atom is 0.222 e. The van der Waals surface area contributed by atoms with Gasteiger partial charge in [0.2, 0.25) is 5.29 Å². The van der Waals surface area contributed by atoms with E-state index in [1.807, 2.05) is 0 Å². The number of hydrogen-bond acceptors (Lipinski definition) is 3. The van der Waals surface area contributed by atoms with Crippen LogP contribution in [0, 0.1) is 17.8 Å². The van der Waals surface area contributed by atoms with Gasteiger partial charge in [-0.2, -0.15) is 4.99 Å². The van der Waals surface area contributed by atoms with Crippen LogP contribution < -0.4 is 5.32 Å². The molecule has 5 heteroatoms. The van der Waals surface area contributed by atoms with Gasteiger partial charge >= 0.3 is 0 Å². The summed E-state index contributed by atoms with van der Waals surface area (Å²) in [7, 11) is 0. The summed E-state index contributed by atoms with van der Waals surface area (Å²) in [6.45, 7) is 0. The van der Waals surface area contributed by atoms with Gasteiger partial charge in [-0.25, -0.2) is 4.99 Å². The third kappa shape index (κ3) is 2.25. The molecule has 1 heterocycles. The zero-order valence-electron chi connectivity index (χ0n) is 13.3. The summed E-state index contributed by atoms with van der Waals surface area (Å²) < 4.78 is 0. The molecule has 0 bridgehead atoms. The van der Waals surface area contributed by atoms with E-state index in [0.717, 1.165) is 6.42 Å². The van der Waals surface area contributed by atoms with Crippen molar-refractivity contribution in [1.82, 2.24) is 5.32 Å². The highest BCUT2D eigenvalue weighted by molar-refractivity contribution is 6.71. The molecule has 4 aliphatic carbocycles. The van der Waals surface area contributed by atoms with Gasteiger partial charge in [-0.3, -0.25) is 0 Å². The Kier molecular flexibility index (Phi) is 3.50. The van der Waals surface area contributed by atoms with Crippen LogP contribution >= 0.6 is 23.2 Å². The first kappa shape index (κ1) is 15.0. The molecule has 0 saturated carbocycles. The smallest absolute Gasteiger partial charge is 0.222 e. The van der Waals surface area contributed by atoms with Crippen molar-refractivity contribution in [1.29, 1.82) is 0 Å². The van der Waals surface area contributed by atoms with Crippen LogP contribution in [-0.2, 0) is 0 Å². The van der Waals surface area contributed by atoms with Gasteiger partial charge in [-0.15, -0.1) is 0 Å². The Morgan fingerprint density at radius 3 is 2.92 bits per heavy atom. The third-order valence-corrected chi connectivity index (χ3v) is 6.44. The van der Waals surface area contributed by atoms with Crippen molar-refractivity contribution < 1.29 is 0 Å². The van der Waals surface area contributed by atoms with Crippen molar-refractivity contribution in [2.75, 3.05) is 0 Å². The number of nitrogens with zero attached hydrogens (tertiary/aromatic N) is 2. The molecule has 4 unspecified atom stereocenters. The van der Waals surface area contributed by atoms with Gasteiger partial charge in [0.05, 0.1) is 0 Å². The molecule has 24 heavy (non-hydrogen) atoms. The second-order valence-electron chi connectivity index (χ2n) is 7.20. The summed E-state index contributed by atoms with van der Waals surface area (Å²) in [4.78, 5) is 8.49. The number of allylic oxidation sites excluding steroid dienone is 8. The molecule has 0 aromatic rings. The van der Waals surface area contributed by atoms with E-state index in [9.17, 15) is 0 Å². The minimum atomic E-state index is -0.102. The Morgan fingerprint density at radius 1 is 1.12 bits per heavy atom. The first-order valence-corrected chi connectivity index (χ1v) is 9.50. The highest BCUT2D eigenvalue weighted by Crippen LogP contribution is 2.53. The average Bonchev–Trinajstić information content (AvgIpc) is 2.58. The Hall–Kier alpha value is -1.32. The fraction of sp³-hybridized carbons (Fsp3) is 0.474. The van der Waals surface area contributed by atoms with E-state index in [0.29, 0.717) is 23.0 Å². The summed E-state index contributed by atoms with van der Waals surface area (Å²) in [6.07, 6.45) is 15.4. The first-order chi connectivity index (χ1) is 11.7. The SMILES string of the molecule is ClC1=NC(C2CC=C3CCC4=C5C(=CCC4)C=CC2C35)NC(Cl)=N1. The van der Waals surface area contributed by atoms with Gasteiger partial charge < -0.3 is 5.32 Å². The molecule has 0 spiro atoms. The molecule has 1 aliphatic heterocycles. The molecule has 5 aliphatic rings. The average molecular weight is 360 g/mol. The topological polar surface area (TPSA) is 36.8 Å². The van der Waals surface area contributed by atoms with Crippen LogP contribution in [0.25, 0.3) is 0 Å². The summed E-state index contributed by atoms with van der Waals surface area (Å²) in [5.41, 5.74) is 6.38. The normalized spacial score (nSPS) is 36.9. The summed E-state index contributed by atoms with van der Waals surface area (Å²) in [5, 5.41) is 3.81. The van der Waals surface area contributed by atoms with Crippen molar-refractivity contribution in [3.8, 4) is 0 Å². The summed E-state index contributed by atoms with van der Waals surface area (Å²) >= 11 is 12.2. The lowest BCUT2D eigenvalue weighted by molar-refractivity contribution is 0.250. The van der Waals surface area contributed by atoms with Gasteiger partial charge in [0.25, 0.3) is 0 Å². The van der Waals surface area contributed by atoms with Crippen molar-refractivity contribution >= 4 is 33.8 Å². The summed E-state index contributed by atoms with van der Waals surface area (Å²) in [6, 6.07) is 0. The van der Waals surface area contributed by atoms with E-state index in [-0.39, 0.29) is 11.5 Å². The lowest BCUT2D eigenvalue weighted by atomic mass is 9.59. The molecule has 0 radical (unpaired) electrons. The van der Waals surface area contributed by atoms with Crippen LogP contribution in [0.5, 0.6) is 0 Å². The predicted octanol–water partition coefficient (Wildman–Crippen LogP) is 4.66. The molecule has 0 fully saturated rings. The van der Waals surface area contributed by atoms with E-state index in [1.54, 1.807) is 16.7 Å². The molecular weight excluding hydrogens is 341 g/mol. The standard InChI is InChI=1S/C19H19Cl2N3/c20-18-22-17(23-19(21)24-18)14-9-7-12-5-4-10-2-1-3-11-6-8-13(14)16(12)15(10)11/h3,6-8,13-14,16-17H,1-2,4-5,9H2,(H,22,23,24). The Morgan fingerprint density at radius 2 is 2.04 bits per heavy atom. The van der Waals surface area contributed by atoms with Gasteiger partial charge in [0.15, 0.2) is 5.29 Å². The predicted molar refractivity (Wildman–Crippen MR) is 99.4 cm³/mol. The highest BCUT2D eigenvalue weighted by Gasteiger charge is 2.44. The third-order valence-electron chi connectivity index (χ3n) is 6.07. The number of hydrogen-bond donors (Lipinski definition) is 1. The monoisotopic (exact) mass is 359 g/mol. The maximum absolute atomic E-state index is 6.10. The number of halogens is 2. The fourth-order valence-corrected chi connectivity index (χ4v) is 5.51. The Balaban J connectivity index is 1.57. The number of nitrogens with one attached hydrogen (secondary N) is 1. The van der Waals surface area contributed by atoms with Crippen LogP contribution in [0.15, 0.2) is 56.6 Å². The van der Waals surface area contributed by atoms with Gasteiger partial charge in [-0.05, 0) is 72.4 Å². The van der Waals surface area contributed by atoms with E-state index >= 15 is 0 Å². The highest BCUT2D eigenvalue weighted by atomic mass is 35.5. The quantitative estimate of drug-likeness (QED) is 0.536. The van der Waals surface area contributed by atoms with E-state index in [1.165, 1.54) is 31.3 Å². The van der Waals surface area contributed by atoms with Crippen molar-refractivity contribution in [2.24, 2.45) is 27.7 Å². The zero-order valence-corrected chi connectivity index (χ0v) is 14.8. The van der Waals surface area contributed by atoms with Gasteiger partial charge in [-0.1, -0.05) is 35.5 Å². The molecule has 0 amide bonds. The van der Waals surface area contributed by atoms with Crippen LogP contribution in [0.2, 0.25) is 0 Å². The molecular formula is C19H19Cl2N3. The zero-order chi connectivity index (χ0) is 16.3. The van der Waals surface area contributed by atoms with E-state index in [2.05, 4.69) is 39.6 Å². The molecule has 124 valence electrons. The van der Waals surface area contributed by atoms with Gasteiger partial charge in [0.1, 0.15) is 6.17 Å². The fourth-order valence-electron chi connectivity index (χ4n) is 5.09. The summed E-state index contributed by atoms with van der Waals surface area (Å²) in [5.74, 6) is 1.33.